The van der Waals surface area contributed by atoms with Gasteiger partial charge in [0.05, 0.1) is 5.56 Å². The van der Waals surface area contributed by atoms with Crippen LogP contribution < -0.4 is 5.32 Å². The number of benzene rings is 1. The van der Waals surface area contributed by atoms with E-state index in [1.54, 1.807) is 0 Å². The number of nitrogens with one attached hydrogen (secondary N) is 1. The smallest absolute Gasteiger partial charge is 0.352 e. The van der Waals surface area contributed by atoms with Crippen LogP contribution in [-0.4, -0.2) is 38.0 Å². The van der Waals surface area contributed by atoms with E-state index in [4.69, 9.17) is 0 Å². The molecule has 0 aliphatic heterocycles. The first kappa shape index (κ1) is 16.4. The standard InChI is InChI=1S/C13H16F4N2O/c1-19(2)7-3-6-18-12(20)9-4-5-11(14)10(8-9)13(15,16)17/h4-5,8H,3,6-7H2,1-2H3,(H,18,20). The predicted octanol–water partition coefficient (Wildman–Crippen LogP) is 2.53. The zero-order chi connectivity index (χ0) is 15.3. The van der Waals surface area contributed by atoms with Crippen molar-refractivity contribution < 1.29 is 22.4 Å². The number of hydrogen-bond donors (Lipinski definition) is 1. The molecule has 1 aromatic rings. The summed E-state index contributed by atoms with van der Waals surface area (Å²) >= 11 is 0. The van der Waals surface area contributed by atoms with Gasteiger partial charge in [0.25, 0.3) is 5.91 Å². The second-order valence-electron chi connectivity index (χ2n) is 4.61. The van der Waals surface area contributed by atoms with Gasteiger partial charge in [-0.3, -0.25) is 4.79 Å². The minimum atomic E-state index is -4.81. The fraction of sp³-hybridized carbons (Fsp3) is 0.462. The minimum Gasteiger partial charge on any atom is -0.352 e. The van der Waals surface area contributed by atoms with Crippen molar-refractivity contribution in [2.45, 2.75) is 12.6 Å². The first-order chi connectivity index (χ1) is 9.21. The first-order valence-electron chi connectivity index (χ1n) is 6.01. The van der Waals surface area contributed by atoms with Gasteiger partial charge in [-0.2, -0.15) is 13.2 Å². The molecule has 1 N–H and O–H groups in total. The number of carbonyl (C=O) groups excluding carboxylic acids is 1. The lowest BCUT2D eigenvalue weighted by Crippen LogP contribution is -2.27. The van der Waals surface area contributed by atoms with Crippen LogP contribution in [0.2, 0.25) is 0 Å². The molecule has 7 heteroatoms. The molecule has 0 atom stereocenters. The minimum absolute atomic E-state index is 0.205. The SMILES string of the molecule is CN(C)CCCNC(=O)c1ccc(F)c(C(F)(F)F)c1. The van der Waals surface area contributed by atoms with Gasteiger partial charge in [0.15, 0.2) is 0 Å². The van der Waals surface area contributed by atoms with E-state index in [1.807, 2.05) is 19.0 Å². The number of alkyl halides is 3. The van der Waals surface area contributed by atoms with Gasteiger partial charge in [-0.05, 0) is 45.3 Å². The van der Waals surface area contributed by atoms with E-state index >= 15 is 0 Å². The Bertz CT molecular complexity index is 472. The summed E-state index contributed by atoms with van der Waals surface area (Å²) in [7, 11) is 3.74. The van der Waals surface area contributed by atoms with Gasteiger partial charge in [-0.1, -0.05) is 0 Å². The van der Waals surface area contributed by atoms with E-state index in [-0.39, 0.29) is 5.56 Å². The highest BCUT2D eigenvalue weighted by molar-refractivity contribution is 5.94. The topological polar surface area (TPSA) is 32.3 Å². The molecular formula is C13H16F4N2O. The lowest BCUT2D eigenvalue weighted by atomic mass is 10.1. The molecule has 0 heterocycles. The summed E-state index contributed by atoms with van der Waals surface area (Å²) in [5.74, 6) is -2.03. The van der Waals surface area contributed by atoms with E-state index in [9.17, 15) is 22.4 Å². The van der Waals surface area contributed by atoms with E-state index in [2.05, 4.69) is 5.32 Å². The van der Waals surface area contributed by atoms with Gasteiger partial charge in [0.1, 0.15) is 5.82 Å². The maximum atomic E-state index is 13.1. The van der Waals surface area contributed by atoms with E-state index in [0.29, 0.717) is 25.1 Å². The molecule has 1 rings (SSSR count). The van der Waals surface area contributed by atoms with Gasteiger partial charge in [-0.25, -0.2) is 4.39 Å². The maximum Gasteiger partial charge on any atom is 0.419 e. The Morgan fingerprint density at radius 1 is 1.30 bits per heavy atom. The first-order valence-corrected chi connectivity index (χ1v) is 6.01. The van der Waals surface area contributed by atoms with Gasteiger partial charge in [-0.15, -0.1) is 0 Å². The number of amides is 1. The Kier molecular flexibility index (Phi) is 5.50. The van der Waals surface area contributed by atoms with Crippen LogP contribution in [0.15, 0.2) is 18.2 Å². The molecule has 0 unspecified atom stereocenters. The van der Waals surface area contributed by atoms with Crippen LogP contribution in [0.25, 0.3) is 0 Å². The molecule has 20 heavy (non-hydrogen) atoms. The highest BCUT2D eigenvalue weighted by Crippen LogP contribution is 2.31. The van der Waals surface area contributed by atoms with E-state index in [0.717, 1.165) is 12.6 Å². The summed E-state index contributed by atoms with van der Waals surface area (Å²) < 4.78 is 50.6. The number of carbonyl (C=O) groups is 1. The lowest BCUT2D eigenvalue weighted by molar-refractivity contribution is -0.140. The second-order valence-corrected chi connectivity index (χ2v) is 4.61. The third-order valence-corrected chi connectivity index (χ3v) is 2.60. The molecule has 0 aliphatic rings. The van der Waals surface area contributed by atoms with Crippen LogP contribution in [0.1, 0.15) is 22.3 Å². The van der Waals surface area contributed by atoms with Crippen molar-refractivity contribution in [1.82, 2.24) is 10.2 Å². The van der Waals surface area contributed by atoms with Gasteiger partial charge < -0.3 is 10.2 Å². The van der Waals surface area contributed by atoms with Crippen LogP contribution in [0.4, 0.5) is 17.6 Å². The average molecular weight is 292 g/mol. The maximum absolute atomic E-state index is 13.1. The van der Waals surface area contributed by atoms with Crippen molar-refractivity contribution in [3.8, 4) is 0 Å². The normalized spacial score (nSPS) is 11.8. The highest BCUT2D eigenvalue weighted by Gasteiger charge is 2.34. The monoisotopic (exact) mass is 292 g/mol. The van der Waals surface area contributed by atoms with Crippen molar-refractivity contribution in [3.05, 3.63) is 35.1 Å². The summed E-state index contributed by atoms with van der Waals surface area (Å²) in [5, 5.41) is 2.50. The fourth-order valence-electron chi connectivity index (χ4n) is 1.58. The number of rotatable bonds is 5. The molecule has 0 saturated heterocycles. The predicted molar refractivity (Wildman–Crippen MR) is 66.9 cm³/mol. The Labute approximate surface area is 114 Å². The van der Waals surface area contributed by atoms with Crippen molar-refractivity contribution in [2.24, 2.45) is 0 Å². The van der Waals surface area contributed by atoms with Crippen LogP contribution in [-0.2, 0) is 6.18 Å². The zero-order valence-electron chi connectivity index (χ0n) is 11.2. The van der Waals surface area contributed by atoms with Crippen molar-refractivity contribution >= 4 is 5.91 Å². The largest absolute Gasteiger partial charge is 0.419 e. The summed E-state index contributed by atoms with van der Waals surface area (Å²) in [5.41, 5.74) is -1.64. The van der Waals surface area contributed by atoms with E-state index < -0.39 is 23.5 Å². The summed E-state index contributed by atoms with van der Waals surface area (Å²) in [6.45, 7) is 1.09. The number of hydrogen-bond acceptors (Lipinski definition) is 2. The quantitative estimate of drug-likeness (QED) is 0.668. The van der Waals surface area contributed by atoms with E-state index in [1.165, 1.54) is 0 Å². The number of nitrogens with zero attached hydrogens (tertiary/aromatic N) is 1. The molecule has 1 aromatic carbocycles. The third-order valence-electron chi connectivity index (χ3n) is 2.60. The summed E-state index contributed by atoms with van der Waals surface area (Å²) in [6.07, 6.45) is -4.14. The van der Waals surface area contributed by atoms with Crippen LogP contribution in [0, 0.1) is 5.82 Å². The molecule has 3 nitrogen and oxygen atoms in total. The van der Waals surface area contributed by atoms with Crippen molar-refractivity contribution in [1.29, 1.82) is 0 Å². The van der Waals surface area contributed by atoms with Crippen molar-refractivity contribution in [2.75, 3.05) is 27.2 Å². The molecule has 0 saturated carbocycles. The van der Waals surface area contributed by atoms with Gasteiger partial charge in [0, 0.05) is 12.1 Å². The molecule has 1 amide bonds. The van der Waals surface area contributed by atoms with Crippen LogP contribution in [0.5, 0.6) is 0 Å². The lowest BCUT2D eigenvalue weighted by Gasteiger charge is -2.11. The molecule has 112 valence electrons. The Balaban J connectivity index is 2.70. The Morgan fingerprint density at radius 2 is 1.95 bits per heavy atom. The number of halogens is 4. The van der Waals surface area contributed by atoms with Crippen LogP contribution >= 0.6 is 0 Å². The Morgan fingerprint density at radius 3 is 2.50 bits per heavy atom. The summed E-state index contributed by atoms with van der Waals surface area (Å²) in [6, 6.07) is 2.21. The Hall–Kier alpha value is -1.63. The summed E-state index contributed by atoms with van der Waals surface area (Å²) in [4.78, 5) is 13.6. The van der Waals surface area contributed by atoms with Gasteiger partial charge in [0.2, 0.25) is 0 Å². The van der Waals surface area contributed by atoms with Crippen molar-refractivity contribution in [3.63, 3.8) is 0 Å². The second kappa shape index (κ2) is 6.69. The molecular weight excluding hydrogens is 276 g/mol. The molecule has 0 spiro atoms. The molecule has 0 aliphatic carbocycles. The van der Waals surface area contributed by atoms with Crippen LogP contribution in [0.3, 0.4) is 0 Å². The molecule has 0 aromatic heterocycles. The third kappa shape index (κ3) is 4.80. The highest BCUT2D eigenvalue weighted by atomic mass is 19.4. The average Bonchev–Trinajstić information content (AvgIpc) is 2.33. The zero-order valence-corrected chi connectivity index (χ0v) is 11.2. The molecule has 0 fully saturated rings. The van der Waals surface area contributed by atoms with Gasteiger partial charge >= 0.3 is 6.18 Å². The fourth-order valence-corrected chi connectivity index (χ4v) is 1.58. The molecule has 0 bridgehead atoms. The molecule has 0 radical (unpaired) electrons.